The van der Waals surface area contributed by atoms with E-state index < -0.39 is 29.7 Å². The number of anilines is 1. The van der Waals surface area contributed by atoms with Gasteiger partial charge in [-0.3, -0.25) is 20.0 Å². The second-order valence-corrected chi connectivity index (χ2v) is 10.1. The number of imide groups is 1. The van der Waals surface area contributed by atoms with E-state index in [1.165, 1.54) is 18.7 Å². The SMILES string of the molecule is Cc1ccc(Oc2ccc(NC3NC(=O)N(CC(C)(C)C(=O)N=O)C(=O)N3Cc3ccc(Cl)cc3)cc2)cn1. The average molecular weight is 551 g/mol. The molecule has 1 aliphatic heterocycles. The minimum Gasteiger partial charge on any atom is -0.456 e. The molecule has 1 saturated heterocycles. The van der Waals surface area contributed by atoms with Gasteiger partial charge in [-0.25, -0.2) is 14.5 Å². The van der Waals surface area contributed by atoms with Crippen molar-refractivity contribution < 1.29 is 19.1 Å². The number of nitroso groups, excluding NO2 is 1. The largest absolute Gasteiger partial charge is 0.456 e. The number of carbonyl (C=O) groups is 3. The van der Waals surface area contributed by atoms with Crippen LogP contribution in [0.5, 0.6) is 11.5 Å². The highest BCUT2D eigenvalue weighted by molar-refractivity contribution is 6.30. The predicted octanol–water partition coefficient (Wildman–Crippen LogP) is 5.50. The van der Waals surface area contributed by atoms with Gasteiger partial charge in [0.1, 0.15) is 11.5 Å². The van der Waals surface area contributed by atoms with E-state index in [-0.39, 0.29) is 13.1 Å². The van der Waals surface area contributed by atoms with Crippen LogP contribution in [0.4, 0.5) is 15.3 Å². The van der Waals surface area contributed by atoms with Crippen molar-refractivity contribution in [3.63, 3.8) is 0 Å². The Morgan fingerprint density at radius 1 is 1.08 bits per heavy atom. The minimum atomic E-state index is -1.36. The van der Waals surface area contributed by atoms with Crippen LogP contribution in [-0.4, -0.2) is 45.6 Å². The van der Waals surface area contributed by atoms with Gasteiger partial charge in [0.2, 0.25) is 0 Å². The molecule has 1 atom stereocenters. The molecule has 0 radical (unpaired) electrons. The van der Waals surface area contributed by atoms with Crippen LogP contribution in [0, 0.1) is 17.2 Å². The number of rotatable bonds is 9. The first-order chi connectivity index (χ1) is 18.6. The lowest BCUT2D eigenvalue weighted by Crippen LogP contribution is -2.68. The normalized spacial score (nSPS) is 15.5. The van der Waals surface area contributed by atoms with Crippen molar-refractivity contribution >= 4 is 35.3 Å². The van der Waals surface area contributed by atoms with Gasteiger partial charge >= 0.3 is 12.1 Å². The molecule has 4 rings (SSSR count). The van der Waals surface area contributed by atoms with Crippen LogP contribution in [0.15, 0.2) is 72.0 Å². The summed E-state index contributed by atoms with van der Waals surface area (Å²) < 4.78 is 5.81. The maximum Gasteiger partial charge on any atom is 0.331 e. The van der Waals surface area contributed by atoms with E-state index in [1.807, 2.05) is 19.1 Å². The Labute approximate surface area is 230 Å². The zero-order valence-corrected chi connectivity index (χ0v) is 22.3. The number of aromatic nitrogens is 1. The summed E-state index contributed by atoms with van der Waals surface area (Å²) in [5.74, 6) is 0.207. The number of pyridine rings is 1. The molecule has 2 aromatic carbocycles. The third kappa shape index (κ3) is 6.68. The van der Waals surface area contributed by atoms with Crippen LogP contribution in [0.1, 0.15) is 25.1 Å². The number of aryl methyl sites for hydroxylation is 1. The topological polar surface area (TPSA) is 133 Å². The Morgan fingerprint density at radius 2 is 1.74 bits per heavy atom. The lowest BCUT2D eigenvalue weighted by atomic mass is 9.92. The Balaban J connectivity index is 1.54. The number of urea groups is 2. The first-order valence-electron chi connectivity index (χ1n) is 12.0. The standard InChI is InChI=1S/C27H27ClN6O5/c1-17-4-11-22(14-29-17)39-21-12-9-20(10-13-21)30-24-31-25(36)34(16-27(2,3)23(35)32-38)26(37)33(24)15-18-5-7-19(28)8-6-18/h4-14,24,30H,15-16H2,1-3H3,(H,31,36). The van der Waals surface area contributed by atoms with Gasteiger partial charge in [0.15, 0.2) is 6.29 Å². The molecule has 202 valence electrons. The maximum atomic E-state index is 13.6. The maximum absolute atomic E-state index is 13.6. The van der Waals surface area contributed by atoms with E-state index in [9.17, 15) is 19.3 Å². The molecule has 0 aliphatic carbocycles. The van der Waals surface area contributed by atoms with Crippen LogP contribution in [0.3, 0.4) is 0 Å². The third-order valence-electron chi connectivity index (χ3n) is 6.05. The van der Waals surface area contributed by atoms with Gasteiger partial charge in [-0.2, -0.15) is 0 Å². The molecule has 1 aliphatic rings. The number of amides is 5. The van der Waals surface area contributed by atoms with Gasteiger partial charge in [0.25, 0.3) is 5.91 Å². The van der Waals surface area contributed by atoms with E-state index in [0.717, 1.165) is 16.2 Å². The van der Waals surface area contributed by atoms with Crippen molar-refractivity contribution in [1.82, 2.24) is 20.1 Å². The van der Waals surface area contributed by atoms with Crippen molar-refractivity contribution in [2.24, 2.45) is 10.6 Å². The number of nitrogens with one attached hydrogen (secondary N) is 2. The van der Waals surface area contributed by atoms with Gasteiger partial charge < -0.3 is 10.1 Å². The lowest BCUT2D eigenvalue weighted by molar-refractivity contribution is -0.126. The fraction of sp³-hybridized carbons (Fsp3) is 0.259. The summed E-state index contributed by atoms with van der Waals surface area (Å²) in [7, 11) is 0. The number of carbonyl (C=O) groups excluding carboxylic acids is 3. The molecule has 0 spiro atoms. The monoisotopic (exact) mass is 550 g/mol. The molecule has 2 N–H and O–H groups in total. The molecular formula is C27H27ClN6O5. The van der Waals surface area contributed by atoms with E-state index >= 15 is 0 Å². The van der Waals surface area contributed by atoms with Crippen LogP contribution in [0.2, 0.25) is 5.02 Å². The second kappa shape index (κ2) is 11.5. The van der Waals surface area contributed by atoms with Crippen molar-refractivity contribution in [2.45, 2.75) is 33.6 Å². The number of ether oxygens (including phenoxy) is 1. The molecule has 0 saturated carbocycles. The van der Waals surface area contributed by atoms with Gasteiger partial charge in [-0.05, 0) is 74.9 Å². The summed E-state index contributed by atoms with van der Waals surface area (Å²) in [5.41, 5.74) is 0.890. The summed E-state index contributed by atoms with van der Waals surface area (Å²) in [5, 5.41) is 8.93. The molecule has 11 nitrogen and oxygen atoms in total. The molecular weight excluding hydrogens is 524 g/mol. The number of benzene rings is 2. The summed E-state index contributed by atoms with van der Waals surface area (Å²) in [6, 6.07) is 16.2. The first-order valence-corrected chi connectivity index (χ1v) is 12.4. The molecule has 1 fully saturated rings. The van der Waals surface area contributed by atoms with Crippen LogP contribution < -0.4 is 15.4 Å². The van der Waals surface area contributed by atoms with Crippen molar-refractivity contribution in [3.05, 3.63) is 88.0 Å². The summed E-state index contributed by atoms with van der Waals surface area (Å²) in [6.07, 6.45) is 0.707. The van der Waals surface area contributed by atoms with Crippen molar-refractivity contribution in [3.8, 4) is 11.5 Å². The van der Waals surface area contributed by atoms with Crippen molar-refractivity contribution in [2.75, 3.05) is 11.9 Å². The smallest absolute Gasteiger partial charge is 0.331 e. The lowest BCUT2D eigenvalue weighted by Gasteiger charge is -2.42. The Hall–Kier alpha value is -4.51. The quantitative estimate of drug-likeness (QED) is 0.336. The Kier molecular flexibility index (Phi) is 8.10. The second-order valence-electron chi connectivity index (χ2n) is 9.66. The fourth-order valence-corrected chi connectivity index (χ4v) is 3.96. The summed E-state index contributed by atoms with van der Waals surface area (Å²) >= 11 is 6.01. The number of hydrogen-bond donors (Lipinski definition) is 2. The van der Waals surface area contributed by atoms with E-state index in [2.05, 4.69) is 20.8 Å². The summed E-state index contributed by atoms with van der Waals surface area (Å²) in [4.78, 5) is 55.9. The van der Waals surface area contributed by atoms with E-state index in [4.69, 9.17) is 16.3 Å². The predicted molar refractivity (Wildman–Crippen MR) is 145 cm³/mol. The first kappa shape index (κ1) is 27.5. The average Bonchev–Trinajstić information content (AvgIpc) is 2.91. The Bertz CT molecular complexity index is 1360. The molecule has 3 aromatic rings. The highest BCUT2D eigenvalue weighted by Gasteiger charge is 2.43. The van der Waals surface area contributed by atoms with Gasteiger partial charge in [-0.1, -0.05) is 23.7 Å². The molecule has 2 heterocycles. The molecule has 1 unspecified atom stereocenters. The van der Waals surface area contributed by atoms with E-state index in [1.54, 1.807) is 54.7 Å². The van der Waals surface area contributed by atoms with Crippen LogP contribution in [-0.2, 0) is 11.3 Å². The van der Waals surface area contributed by atoms with Gasteiger partial charge in [0.05, 0.1) is 18.2 Å². The fourth-order valence-electron chi connectivity index (χ4n) is 3.84. The van der Waals surface area contributed by atoms with Crippen molar-refractivity contribution in [1.29, 1.82) is 0 Å². The minimum absolute atomic E-state index is 0.117. The van der Waals surface area contributed by atoms with Gasteiger partial charge in [0, 0.05) is 28.1 Å². The highest BCUT2D eigenvalue weighted by Crippen LogP contribution is 2.26. The number of halogens is 1. The van der Waals surface area contributed by atoms with Gasteiger partial charge in [-0.15, -0.1) is 4.91 Å². The molecule has 5 amide bonds. The number of nitrogens with zero attached hydrogens (tertiary/aromatic N) is 4. The molecule has 12 heteroatoms. The highest BCUT2D eigenvalue weighted by atomic mass is 35.5. The molecule has 39 heavy (non-hydrogen) atoms. The number of hydrogen-bond acceptors (Lipinski definition) is 7. The Morgan fingerprint density at radius 3 is 2.36 bits per heavy atom. The van der Waals surface area contributed by atoms with E-state index in [0.29, 0.717) is 22.2 Å². The van der Waals surface area contributed by atoms with Crippen LogP contribution in [0.25, 0.3) is 0 Å². The zero-order valence-electron chi connectivity index (χ0n) is 21.6. The third-order valence-corrected chi connectivity index (χ3v) is 6.30. The van der Waals surface area contributed by atoms with Crippen LogP contribution >= 0.6 is 11.6 Å². The molecule has 0 bridgehead atoms. The zero-order chi connectivity index (χ0) is 28.2. The summed E-state index contributed by atoms with van der Waals surface area (Å²) in [6.45, 7) is 4.57. The molecule has 1 aromatic heterocycles.